The summed E-state index contributed by atoms with van der Waals surface area (Å²) < 4.78 is 10.3. The summed E-state index contributed by atoms with van der Waals surface area (Å²) in [6, 6.07) is 17.9. The molecule has 29 heavy (non-hydrogen) atoms. The maximum Gasteiger partial charge on any atom is 0.291 e. The molecule has 150 valence electrons. The standard InChI is InChI=1S/C22H22N2O4S/c1-3-20(22(26)24-15-7-4-9-17(13-15)27-2)29-18-10-5-8-16(14-18)23-21(25)19-11-6-12-28-19/h4-14,20H,3H2,1-2H3,(H,23,25)(H,24,26). The molecule has 2 aromatic carbocycles. The fourth-order valence-electron chi connectivity index (χ4n) is 2.66. The number of nitrogens with one attached hydrogen (secondary N) is 2. The van der Waals surface area contributed by atoms with Gasteiger partial charge in [-0.2, -0.15) is 0 Å². The average molecular weight is 410 g/mol. The van der Waals surface area contributed by atoms with Gasteiger partial charge in [0.15, 0.2) is 5.76 Å². The van der Waals surface area contributed by atoms with Gasteiger partial charge in [-0.15, -0.1) is 11.8 Å². The van der Waals surface area contributed by atoms with Crippen molar-refractivity contribution in [2.24, 2.45) is 0 Å². The first-order chi connectivity index (χ1) is 14.1. The summed E-state index contributed by atoms with van der Waals surface area (Å²) >= 11 is 1.45. The monoisotopic (exact) mass is 410 g/mol. The van der Waals surface area contributed by atoms with Crippen molar-refractivity contribution in [3.8, 4) is 5.75 Å². The van der Waals surface area contributed by atoms with E-state index in [1.807, 2.05) is 43.3 Å². The van der Waals surface area contributed by atoms with E-state index in [2.05, 4.69) is 10.6 Å². The van der Waals surface area contributed by atoms with Crippen LogP contribution in [0.2, 0.25) is 0 Å². The number of amides is 2. The van der Waals surface area contributed by atoms with Gasteiger partial charge in [0.05, 0.1) is 18.6 Å². The Morgan fingerprint density at radius 3 is 2.48 bits per heavy atom. The van der Waals surface area contributed by atoms with Crippen molar-refractivity contribution in [2.45, 2.75) is 23.5 Å². The summed E-state index contributed by atoms with van der Waals surface area (Å²) in [6.07, 6.45) is 2.11. The number of hydrogen-bond acceptors (Lipinski definition) is 5. The highest BCUT2D eigenvalue weighted by Gasteiger charge is 2.19. The molecular formula is C22H22N2O4S. The molecule has 1 heterocycles. The van der Waals surface area contributed by atoms with E-state index < -0.39 is 0 Å². The van der Waals surface area contributed by atoms with Crippen LogP contribution in [-0.2, 0) is 4.79 Å². The van der Waals surface area contributed by atoms with Crippen molar-refractivity contribution < 1.29 is 18.7 Å². The number of rotatable bonds is 8. The van der Waals surface area contributed by atoms with Crippen LogP contribution in [0.15, 0.2) is 76.2 Å². The molecule has 1 atom stereocenters. The number of thioether (sulfide) groups is 1. The quantitative estimate of drug-likeness (QED) is 0.508. The van der Waals surface area contributed by atoms with E-state index in [9.17, 15) is 9.59 Å². The van der Waals surface area contributed by atoms with E-state index in [1.165, 1.54) is 18.0 Å². The molecular weight excluding hydrogens is 388 g/mol. The Kier molecular flexibility index (Phi) is 6.97. The molecule has 3 rings (SSSR count). The van der Waals surface area contributed by atoms with Crippen LogP contribution >= 0.6 is 11.8 Å². The van der Waals surface area contributed by atoms with Crippen molar-refractivity contribution in [1.82, 2.24) is 0 Å². The van der Waals surface area contributed by atoms with Gasteiger partial charge in [0.25, 0.3) is 5.91 Å². The lowest BCUT2D eigenvalue weighted by Crippen LogP contribution is -2.24. The second-order valence-corrected chi connectivity index (χ2v) is 7.47. The van der Waals surface area contributed by atoms with Gasteiger partial charge >= 0.3 is 0 Å². The number of anilines is 2. The largest absolute Gasteiger partial charge is 0.497 e. The third-order valence-corrected chi connectivity index (χ3v) is 5.47. The van der Waals surface area contributed by atoms with Crippen LogP contribution in [0.25, 0.3) is 0 Å². The molecule has 1 aromatic heterocycles. The van der Waals surface area contributed by atoms with Crippen LogP contribution in [0.4, 0.5) is 11.4 Å². The fourth-order valence-corrected chi connectivity index (χ4v) is 3.67. The number of methoxy groups -OCH3 is 1. The van der Waals surface area contributed by atoms with Gasteiger partial charge in [0.1, 0.15) is 5.75 Å². The van der Waals surface area contributed by atoms with Gasteiger partial charge in [-0.1, -0.05) is 19.1 Å². The smallest absolute Gasteiger partial charge is 0.291 e. The summed E-state index contributed by atoms with van der Waals surface area (Å²) in [5, 5.41) is 5.45. The van der Waals surface area contributed by atoms with Crippen molar-refractivity contribution >= 4 is 35.0 Å². The third-order valence-electron chi connectivity index (χ3n) is 4.12. The van der Waals surface area contributed by atoms with Gasteiger partial charge in [-0.05, 0) is 48.9 Å². The highest BCUT2D eigenvalue weighted by molar-refractivity contribution is 8.00. The maximum absolute atomic E-state index is 12.7. The second kappa shape index (κ2) is 9.84. The Hall–Kier alpha value is -3.19. The predicted octanol–water partition coefficient (Wildman–Crippen LogP) is 5.05. The first-order valence-electron chi connectivity index (χ1n) is 9.15. The average Bonchev–Trinajstić information content (AvgIpc) is 3.27. The van der Waals surface area contributed by atoms with E-state index in [-0.39, 0.29) is 22.8 Å². The predicted molar refractivity (Wildman–Crippen MR) is 115 cm³/mol. The lowest BCUT2D eigenvalue weighted by atomic mass is 10.2. The molecule has 7 heteroatoms. The number of ether oxygens (including phenoxy) is 1. The van der Waals surface area contributed by atoms with Crippen molar-refractivity contribution in [2.75, 3.05) is 17.7 Å². The molecule has 0 fully saturated rings. The van der Waals surface area contributed by atoms with E-state index in [0.29, 0.717) is 23.5 Å². The molecule has 0 aliphatic heterocycles. The molecule has 0 spiro atoms. The van der Waals surface area contributed by atoms with Crippen LogP contribution in [0.1, 0.15) is 23.9 Å². The van der Waals surface area contributed by atoms with E-state index in [1.54, 1.807) is 31.4 Å². The number of benzene rings is 2. The van der Waals surface area contributed by atoms with Crippen LogP contribution in [-0.4, -0.2) is 24.2 Å². The highest BCUT2D eigenvalue weighted by Crippen LogP contribution is 2.29. The zero-order valence-electron chi connectivity index (χ0n) is 16.2. The van der Waals surface area contributed by atoms with Crippen molar-refractivity contribution in [3.63, 3.8) is 0 Å². The Bertz CT molecular complexity index is 972. The van der Waals surface area contributed by atoms with E-state index in [0.717, 1.165) is 4.90 Å². The van der Waals surface area contributed by atoms with Crippen LogP contribution in [0.3, 0.4) is 0 Å². The highest BCUT2D eigenvalue weighted by atomic mass is 32.2. The Balaban J connectivity index is 1.65. The Labute approximate surface area is 173 Å². The van der Waals surface area contributed by atoms with Gasteiger partial charge in [0.2, 0.25) is 5.91 Å². The molecule has 0 aliphatic carbocycles. The Morgan fingerprint density at radius 1 is 1.03 bits per heavy atom. The second-order valence-electron chi connectivity index (χ2n) is 6.20. The van der Waals surface area contributed by atoms with E-state index in [4.69, 9.17) is 9.15 Å². The zero-order valence-corrected chi connectivity index (χ0v) is 17.0. The summed E-state index contributed by atoms with van der Waals surface area (Å²) in [5.74, 6) is 0.520. The molecule has 6 nitrogen and oxygen atoms in total. The minimum absolute atomic E-state index is 0.0872. The zero-order chi connectivity index (χ0) is 20.6. The number of hydrogen-bond donors (Lipinski definition) is 2. The van der Waals surface area contributed by atoms with E-state index >= 15 is 0 Å². The van der Waals surface area contributed by atoms with Gasteiger partial charge in [0, 0.05) is 22.3 Å². The van der Waals surface area contributed by atoms with Gasteiger partial charge < -0.3 is 19.8 Å². The molecule has 0 aliphatic rings. The van der Waals surface area contributed by atoms with Crippen LogP contribution in [0, 0.1) is 0 Å². The molecule has 1 unspecified atom stereocenters. The van der Waals surface area contributed by atoms with Gasteiger partial charge in [-0.3, -0.25) is 9.59 Å². The first-order valence-corrected chi connectivity index (χ1v) is 10.0. The SMILES string of the molecule is CCC(Sc1cccc(NC(=O)c2ccco2)c1)C(=O)Nc1cccc(OC)c1. The number of furan rings is 1. The summed E-state index contributed by atoms with van der Waals surface area (Å²) in [6.45, 7) is 1.96. The molecule has 0 bridgehead atoms. The summed E-state index contributed by atoms with van der Waals surface area (Å²) in [7, 11) is 1.59. The van der Waals surface area contributed by atoms with Gasteiger partial charge in [-0.25, -0.2) is 0 Å². The molecule has 0 saturated carbocycles. The fraction of sp³-hybridized carbons (Fsp3) is 0.182. The normalized spacial score (nSPS) is 11.5. The molecule has 2 N–H and O–H groups in total. The number of carbonyl (C=O) groups is 2. The van der Waals surface area contributed by atoms with Crippen molar-refractivity contribution in [1.29, 1.82) is 0 Å². The third kappa shape index (κ3) is 5.65. The first kappa shape index (κ1) is 20.5. The topological polar surface area (TPSA) is 80.6 Å². The number of carbonyl (C=O) groups excluding carboxylic acids is 2. The van der Waals surface area contributed by atoms with Crippen LogP contribution < -0.4 is 15.4 Å². The summed E-state index contributed by atoms with van der Waals surface area (Å²) in [5.41, 5.74) is 1.33. The minimum Gasteiger partial charge on any atom is -0.497 e. The summed E-state index contributed by atoms with van der Waals surface area (Å²) in [4.78, 5) is 25.7. The minimum atomic E-state index is -0.319. The molecule has 0 radical (unpaired) electrons. The Morgan fingerprint density at radius 2 is 1.79 bits per heavy atom. The lowest BCUT2D eigenvalue weighted by molar-refractivity contribution is -0.115. The van der Waals surface area contributed by atoms with Crippen molar-refractivity contribution in [3.05, 3.63) is 72.7 Å². The maximum atomic E-state index is 12.7. The molecule has 2 amide bonds. The lowest BCUT2D eigenvalue weighted by Gasteiger charge is -2.16. The van der Waals surface area contributed by atoms with Crippen LogP contribution in [0.5, 0.6) is 5.75 Å². The molecule has 3 aromatic rings. The molecule has 0 saturated heterocycles.